The van der Waals surface area contributed by atoms with E-state index < -0.39 is 0 Å². The molecule has 0 aliphatic carbocycles. The van der Waals surface area contributed by atoms with Gasteiger partial charge in [-0.15, -0.1) is 0 Å². The lowest BCUT2D eigenvalue weighted by Crippen LogP contribution is -2.47. The minimum absolute atomic E-state index is 0.107. The van der Waals surface area contributed by atoms with Crippen molar-refractivity contribution in [3.05, 3.63) is 31.9 Å². The number of anilines is 1. The highest BCUT2D eigenvalue weighted by molar-refractivity contribution is 8.26. The lowest BCUT2D eigenvalue weighted by Gasteiger charge is -2.36. The number of nitrogens with zero attached hydrogens (tertiary/aromatic N) is 5. The van der Waals surface area contributed by atoms with E-state index in [1.165, 1.54) is 11.8 Å². The third kappa shape index (κ3) is 4.77. The van der Waals surface area contributed by atoms with E-state index in [2.05, 4.69) is 36.8 Å². The second kappa shape index (κ2) is 10.2. The van der Waals surface area contributed by atoms with Crippen LogP contribution in [0, 0.1) is 24.2 Å². The van der Waals surface area contributed by atoms with Gasteiger partial charge in [0, 0.05) is 44.8 Å². The smallest absolute Gasteiger partial charge is 0.270 e. The van der Waals surface area contributed by atoms with Crippen LogP contribution in [0.1, 0.15) is 43.9 Å². The van der Waals surface area contributed by atoms with Gasteiger partial charge in [0.05, 0.1) is 4.91 Å². The molecule has 0 spiro atoms. The number of thiocarbonyl (C=S) groups is 1. The first kappa shape index (κ1) is 24.5. The molecule has 2 saturated heterocycles. The second-order valence-electron chi connectivity index (χ2n) is 8.78. The molecule has 3 heterocycles. The fraction of sp³-hybridized carbons (Fsp3) is 0.565. The van der Waals surface area contributed by atoms with Crippen molar-refractivity contribution >= 4 is 46.1 Å². The molecule has 2 aliphatic heterocycles. The number of likely N-dealkylation sites (N-methyl/N-ethyl adjacent to an activating group) is 1. The summed E-state index contributed by atoms with van der Waals surface area (Å²) in [4.78, 5) is 33.0. The topological polar surface area (TPSA) is 72.6 Å². The van der Waals surface area contributed by atoms with Gasteiger partial charge in [-0.05, 0) is 37.9 Å². The van der Waals surface area contributed by atoms with E-state index in [9.17, 15) is 14.9 Å². The van der Waals surface area contributed by atoms with Gasteiger partial charge in [-0.1, -0.05) is 44.8 Å². The SMILES string of the molecule is CCCn1c(N2CCN(C)CC2)c(C=C2SC(=S)N(CC(C)C)C2=O)c(C)c(C#N)c1=O. The summed E-state index contributed by atoms with van der Waals surface area (Å²) >= 11 is 6.77. The van der Waals surface area contributed by atoms with Gasteiger partial charge >= 0.3 is 0 Å². The Morgan fingerprint density at radius 1 is 1.22 bits per heavy atom. The molecule has 1 aromatic rings. The van der Waals surface area contributed by atoms with E-state index in [1.807, 2.05) is 13.0 Å². The minimum Gasteiger partial charge on any atom is -0.355 e. The number of aromatic nitrogens is 1. The first-order valence-corrected chi connectivity index (χ1v) is 12.3. The lowest BCUT2D eigenvalue weighted by molar-refractivity contribution is -0.122. The highest BCUT2D eigenvalue weighted by Crippen LogP contribution is 2.36. The number of amides is 1. The van der Waals surface area contributed by atoms with Gasteiger partial charge in [0.1, 0.15) is 21.8 Å². The van der Waals surface area contributed by atoms with E-state index in [-0.39, 0.29) is 17.0 Å². The summed E-state index contributed by atoms with van der Waals surface area (Å²) in [5.41, 5.74) is 1.27. The minimum atomic E-state index is -0.259. The summed E-state index contributed by atoms with van der Waals surface area (Å²) in [5.74, 6) is 0.996. The molecule has 0 bridgehead atoms. The zero-order valence-corrected chi connectivity index (χ0v) is 21.1. The van der Waals surface area contributed by atoms with Gasteiger partial charge < -0.3 is 9.80 Å². The van der Waals surface area contributed by atoms with Gasteiger partial charge in [-0.2, -0.15) is 5.26 Å². The quantitative estimate of drug-likeness (QED) is 0.464. The summed E-state index contributed by atoms with van der Waals surface area (Å²) in [7, 11) is 2.08. The zero-order chi connectivity index (χ0) is 23.6. The highest BCUT2D eigenvalue weighted by atomic mass is 32.2. The first-order valence-electron chi connectivity index (χ1n) is 11.1. The number of pyridine rings is 1. The first-order chi connectivity index (χ1) is 15.2. The number of carbonyl (C=O) groups is 1. The molecule has 172 valence electrons. The Kier molecular flexibility index (Phi) is 7.80. The third-order valence-corrected chi connectivity index (χ3v) is 7.17. The molecule has 0 aromatic carbocycles. The molecule has 2 fully saturated rings. The molecule has 1 amide bonds. The van der Waals surface area contributed by atoms with Gasteiger partial charge in [-0.3, -0.25) is 19.1 Å². The van der Waals surface area contributed by atoms with Crippen molar-refractivity contribution in [2.75, 3.05) is 44.7 Å². The van der Waals surface area contributed by atoms with Crippen molar-refractivity contribution in [1.29, 1.82) is 5.26 Å². The van der Waals surface area contributed by atoms with Crippen LogP contribution in [-0.2, 0) is 11.3 Å². The second-order valence-corrected chi connectivity index (χ2v) is 10.5. The molecule has 0 N–H and O–H groups in total. The summed E-state index contributed by atoms with van der Waals surface area (Å²) in [6.07, 6.45) is 2.61. The van der Waals surface area contributed by atoms with Crippen molar-refractivity contribution in [2.24, 2.45) is 5.92 Å². The van der Waals surface area contributed by atoms with Gasteiger partial charge in [-0.25, -0.2) is 0 Å². The van der Waals surface area contributed by atoms with Crippen LogP contribution in [0.2, 0.25) is 0 Å². The number of carbonyl (C=O) groups excluding carboxylic acids is 1. The average Bonchev–Trinajstić information content (AvgIpc) is 3.00. The van der Waals surface area contributed by atoms with E-state index in [0.717, 1.165) is 44.0 Å². The number of nitriles is 1. The standard InChI is InChI=1S/C23H31N5O2S2/c1-6-7-27-20(26-10-8-25(5)9-11-26)17(16(4)18(13-24)21(27)29)12-19-22(30)28(14-15(2)3)23(31)32-19/h12,15H,6-11,14H2,1-5H3. The number of hydrogen-bond donors (Lipinski definition) is 0. The van der Waals surface area contributed by atoms with Crippen molar-refractivity contribution < 1.29 is 4.79 Å². The molecule has 32 heavy (non-hydrogen) atoms. The van der Waals surface area contributed by atoms with Crippen LogP contribution in [-0.4, -0.2) is 64.4 Å². The van der Waals surface area contributed by atoms with Crippen LogP contribution < -0.4 is 10.5 Å². The number of piperazine rings is 1. The maximum atomic E-state index is 13.2. The Labute approximate surface area is 199 Å². The Balaban J connectivity index is 2.20. The van der Waals surface area contributed by atoms with Gasteiger partial charge in [0.25, 0.3) is 11.5 Å². The Morgan fingerprint density at radius 2 is 1.88 bits per heavy atom. The zero-order valence-electron chi connectivity index (χ0n) is 19.5. The molecule has 0 unspecified atom stereocenters. The Hall–Kier alpha value is -2.15. The molecule has 0 atom stereocenters. The van der Waals surface area contributed by atoms with E-state index >= 15 is 0 Å². The molecular formula is C23H31N5O2S2. The van der Waals surface area contributed by atoms with Crippen LogP contribution >= 0.6 is 24.0 Å². The van der Waals surface area contributed by atoms with Gasteiger partial charge in [0.15, 0.2) is 0 Å². The average molecular weight is 474 g/mol. The lowest BCUT2D eigenvalue weighted by atomic mass is 10.0. The largest absolute Gasteiger partial charge is 0.355 e. The normalized spacial score (nSPS) is 18.8. The molecule has 7 nitrogen and oxygen atoms in total. The number of hydrogen-bond acceptors (Lipinski definition) is 7. The summed E-state index contributed by atoms with van der Waals surface area (Å²) < 4.78 is 2.27. The van der Waals surface area contributed by atoms with Crippen molar-refractivity contribution in [1.82, 2.24) is 14.4 Å². The van der Waals surface area contributed by atoms with Crippen molar-refractivity contribution in [3.8, 4) is 6.07 Å². The fourth-order valence-electron chi connectivity index (χ4n) is 4.09. The summed E-state index contributed by atoms with van der Waals surface area (Å²) in [5, 5.41) is 9.74. The predicted octanol–water partition coefficient (Wildman–Crippen LogP) is 3.05. The maximum absolute atomic E-state index is 13.2. The van der Waals surface area contributed by atoms with E-state index in [4.69, 9.17) is 12.2 Å². The summed E-state index contributed by atoms with van der Waals surface area (Å²) in [6.45, 7) is 12.3. The number of thioether (sulfide) groups is 1. The van der Waals surface area contributed by atoms with Crippen molar-refractivity contribution in [3.63, 3.8) is 0 Å². The summed E-state index contributed by atoms with van der Waals surface area (Å²) in [6, 6.07) is 2.10. The maximum Gasteiger partial charge on any atom is 0.270 e. The van der Waals surface area contributed by atoms with E-state index in [1.54, 1.807) is 16.4 Å². The van der Waals surface area contributed by atoms with Crippen LogP contribution in [0.15, 0.2) is 9.70 Å². The van der Waals surface area contributed by atoms with Crippen molar-refractivity contribution in [2.45, 2.75) is 40.7 Å². The molecule has 9 heteroatoms. The fourth-order valence-corrected chi connectivity index (χ4v) is 5.34. The van der Waals surface area contributed by atoms with E-state index in [0.29, 0.717) is 33.8 Å². The molecule has 0 radical (unpaired) electrons. The Morgan fingerprint density at radius 3 is 2.44 bits per heavy atom. The Bertz CT molecular complexity index is 1050. The molecule has 0 saturated carbocycles. The highest BCUT2D eigenvalue weighted by Gasteiger charge is 2.33. The monoisotopic (exact) mass is 473 g/mol. The van der Waals surface area contributed by atoms with Crippen LogP contribution in [0.25, 0.3) is 6.08 Å². The molecular weight excluding hydrogens is 442 g/mol. The van der Waals surface area contributed by atoms with Crippen LogP contribution in [0.5, 0.6) is 0 Å². The number of rotatable bonds is 6. The molecule has 1 aromatic heterocycles. The van der Waals surface area contributed by atoms with Crippen LogP contribution in [0.4, 0.5) is 5.82 Å². The van der Waals surface area contributed by atoms with Gasteiger partial charge in [0.2, 0.25) is 0 Å². The van der Waals surface area contributed by atoms with Crippen LogP contribution in [0.3, 0.4) is 0 Å². The molecule has 2 aliphatic rings. The predicted molar refractivity (Wildman–Crippen MR) is 135 cm³/mol. The third-order valence-electron chi connectivity index (χ3n) is 5.79. The molecule has 3 rings (SSSR count).